The van der Waals surface area contributed by atoms with Gasteiger partial charge in [-0.3, -0.25) is 4.79 Å². The van der Waals surface area contributed by atoms with Gasteiger partial charge in [0.05, 0.1) is 12.3 Å². The van der Waals surface area contributed by atoms with E-state index in [1.165, 1.54) is 11.8 Å². The lowest BCUT2D eigenvalue weighted by molar-refractivity contribution is -0.119. The van der Waals surface area contributed by atoms with Crippen molar-refractivity contribution < 1.29 is 14.3 Å². The van der Waals surface area contributed by atoms with E-state index in [9.17, 15) is 4.79 Å². The molecule has 4 rings (SSSR count). The topological polar surface area (TPSA) is 78.3 Å². The maximum atomic E-state index is 12.0. The number of carbonyl (C=O) groups is 1. The zero-order chi connectivity index (χ0) is 16.4. The normalized spacial score (nSPS) is 19.1. The molecule has 1 amide bonds. The second kappa shape index (κ2) is 6.72. The van der Waals surface area contributed by atoms with E-state index >= 15 is 0 Å². The number of rotatable bonds is 6. The number of para-hydroxylation sites is 2. The minimum Gasteiger partial charge on any atom is -0.486 e. The zero-order valence-corrected chi connectivity index (χ0v) is 13.9. The Morgan fingerprint density at radius 1 is 1.33 bits per heavy atom. The largest absolute Gasteiger partial charge is 0.486 e. The van der Waals surface area contributed by atoms with Gasteiger partial charge in [-0.1, -0.05) is 23.9 Å². The maximum absolute atomic E-state index is 12.0. The number of thioether (sulfide) groups is 1. The molecule has 0 spiro atoms. The van der Waals surface area contributed by atoms with Crippen LogP contribution in [0.25, 0.3) is 0 Å². The molecule has 126 valence electrons. The average molecular weight is 346 g/mol. The number of hydrogen-bond acceptors (Lipinski definition) is 6. The van der Waals surface area contributed by atoms with E-state index in [0.29, 0.717) is 24.9 Å². The number of nitrogens with zero attached hydrogens (tertiary/aromatic N) is 3. The van der Waals surface area contributed by atoms with Crippen molar-refractivity contribution in [3.8, 4) is 11.5 Å². The fourth-order valence-electron chi connectivity index (χ4n) is 2.51. The Kier molecular flexibility index (Phi) is 4.29. The number of fused-ring (bicyclic) bond motifs is 1. The van der Waals surface area contributed by atoms with Crippen LogP contribution in [0.2, 0.25) is 0 Å². The number of nitrogens with one attached hydrogen (secondary N) is 1. The molecule has 1 aromatic carbocycles. The van der Waals surface area contributed by atoms with Crippen molar-refractivity contribution in [1.29, 1.82) is 0 Å². The summed E-state index contributed by atoms with van der Waals surface area (Å²) >= 11 is 1.41. The highest BCUT2D eigenvalue weighted by Crippen LogP contribution is 2.37. The molecule has 8 heteroatoms. The van der Waals surface area contributed by atoms with Gasteiger partial charge in [0, 0.05) is 6.04 Å². The van der Waals surface area contributed by atoms with Crippen molar-refractivity contribution in [2.24, 2.45) is 0 Å². The van der Waals surface area contributed by atoms with Crippen LogP contribution >= 0.6 is 11.8 Å². The molecule has 0 saturated heterocycles. The van der Waals surface area contributed by atoms with E-state index < -0.39 is 0 Å². The highest BCUT2D eigenvalue weighted by molar-refractivity contribution is 7.99. The van der Waals surface area contributed by atoms with Gasteiger partial charge in [-0.15, -0.1) is 10.2 Å². The van der Waals surface area contributed by atoms with Crippen LogP contribution in [0.15, 0.2) is 35.7 Å². The van der Waals surface area contributed by atoms with E-state index in [1.54, 1.807) is 6.33 Å². The number of amides is 1. The first-order valence-electron chi connectivity index (χ1n) is 7.97. The molecule has 0 unspecified atom stereocenters. The lowest BCUT2D eigenvalue weighted by Crippen LogP contribution is -2.41. The molecule has 2 aromatic rings. The molecule has 1 aromatic heterocycles. The van der Waals surface area contributed by atoms with Crippen molar-refractivity contribution in [1.82, 2.24) is 20.1 Å². The summed E-state index contributed by atoms with van der Waals surface area (Å²) in [5.74, 6) is 1.73. The highest BCUT2D eigenvalue weighted by Gasteiger charge is 2.26. The molecule has 1 fully saturated rings. The van der Waals surface area contributed by atoms with Crippen molar-refractivity contribution in [2.75, 3.05) is 18.9 Å². The Morgan fingerprint density at radius 2 is 2.17 bits per heavy atom. The van der Waals surface area contributed by atoms with Crippen LogP contribution in [0.4, 0.5) is 0 Å². The van der Waals surface area contributed by atoms with Gasteiger partial charge >= 0.3 is 0 Å². The summed E-state index contributed by atoms with van der Waals surface area (Å²) in [6, 6.07) is 8.05. The average Bonchev–Trinajstić information content (AvgIpc) is 3.36. The molecule has 1 aliphatic heterocycles. The summed E-state index contributed by atoms with van der Waals surface area (Å²) in [6.45, 7) is 0.851. The molecule has 2 aliphatic rings. The van der Waals surface area contributed by atoms with E-state index in [0.717, 1.165) is 29.5 Å². The van der Waals surface area contributed by atoms with Crippen LogP contribution in [0.3, 0.4) is 0 Å². The van der Waals surface area contributed by atoms with Gasteiger partial charge in [-0.05, 0) is 25.0 Å². The van der Waals surface area contributed by atoms with Gasteiger partial charge in [0.1, 0.15) is 19.0 Å². The van der Waals surface area contributed by atoms with Gasteiger partial charge in [0.2, 0.25) is 5.91 Å². The molecule has 1 saturated carbocycles. The van der Waals surface area contributed by atoms with E-state index in [4.69, 9.17) is 9.47 Å². The Balaban J connectivity index is 1.23. The fourth-order valence-corrected chi connectivity index (χ4v) is 3.32. The molecular formula is C16H18N4O3S. The van der Waals surface area contributed by atoms with Gasteiger partial charge in [0.25, 0.3) is 0 Å². The SMILES string of the molecule is O=C(CSc1nncn1C1CC1)NC[C@@H]1COc2ccccc2O1. The lowest BCUT2D eigenvalue weighted by Gasteiger charge is -2.26. The predicted octanol–water partition coefficient (Wildman–Crippen LogP) is 1.66. The lowest BCUT2D eigenvalue weighted by atomic mass is 10.2. The van der Waals surface area contributed by atoms with Crippen LogP contribution < -0.4 is 14.8 Å². The van der Waals surface area contributed by atoms with Gasteiger partial charge < -0.3 is 19.4 Å². The third-order valence-corrected chi connectivity index (χ3v) is 4.86. The number of hydrogen-bond donors (Lipinski definition) is 1. The van der Waals surface area contributed by atoms with Gasteiger partial charge in [-0.25, -0.2) is 0 Å². The number of aromatic nitrogens is 3. The Bertz CT molecular complexity index is 732. The second-order valence-corrected chi connectivity index (χ2v) is 6.78. The van der Waals surface area contributed by atoms with Crippen LogP contribution in [-0.2, 0) is 4.79 Å². The summed E-state index contributed by atoms with van der Waals surface area (Å²) in [6.07, 6.45) is 3.89. The Morgan fingerprint density at radius 3 is 3.00 bits per heavy atom. The van der Waals surface area contributed by atoms with E-state index in [-0.39, 0.29) is 12.0 Å². The number of benzene rings is 1. The van der Waals surface area contributed by atoms with Crippen LogP contribution in [0.1, 0.15) is 18.9 Å². The van der Waals surface area contributed by atoms with Crippen LogP contribution in [0, 0.1) is 0 Å². The Labute approximate surface area is 143 Å². The first-order valence-corrected chi connectivity index (χ1v) is 8.95. The second-order valence-electron chi connectivity index (χ2n) is 5.84. The molecule has 24 heavy (non-hydrogen) atoms. The summed E-state index contributed by atoms with van der Waals surface area (Å²) in [5, 5.41) is 11.7. The molecule has 1 aliphatic carbocycles. The number of carbonyl (C=O) groups excluding carboxylic acids is 1. The Hall–Kier alpha value is -2.22. The smallest absolute Gasteiger partial charge is 0.230 e. The summed E-state index contributed by atoms with van der Waals surface area (Å²) in [7, 11) is 0. The third-order valence-electron chi connectivity index (χ3n) is 3.91. The summed E-state index contributed by atoms with van der Waals surface area (Å²) < 4.78 is 13.5. The summed E-state index contributed by atoms with van der Waals surface area (Å²) in [4.78, 5) is 12.0. The van der Waals surface area contributed by atoms with Crippen molar-refractivity contribution in [3.05, 3.63) is 30.6 Å². The van der Waals surface area contributed by atoms with Crippen LogP contribution in [-0.4, -0.2) is 45.7 Å². The van der Waals surface area contributed by atoms with E-state index in [1.807, 2.05) is 28.8 Å². The first-order chi connectivity index (χ1) is 11.8. The van der Waals surface area contributed by atoms with E-state index in [2.05, 4.69) is 15.5 Å². The summed E-state index contributed by atoms with van der Waals surface area (Å²) in [5.41, 5.74) is 0. The molecular weight excluding hydrogens is 328 g/mol. The minimum atomic E-state index is -0.177. The standard InChI is InChI=1S/C16H18N4O3S/c21-15(9-24-16-19-18-10-20(16)11-5-6-11)17-7-12-8-22-13-3-1-2-4-14(13)23-12/h1-4,10-12H,5-9H2,(H,17,21)/t12-/m1/s1. The van der Waals surface area contributed by atoms with Crippen LogP contribution in [0.5, 0.6) is 11.5 Å². The molecule has 0 bridgehead atoms. The van der Waals surface area contributed by atoms with Crippen molar-refractivity contribution in [3.63, 3.8) is 0 Å². The van der Waals surface area contributed by atoms with Gasteiger partial charge in [0.15, 0.2) is 16.7 Å². The molecule has 0 radical (unpaired) electrons. The van der Waals surface area contributed by atoms with Gasteiger partial charge in [-0.2, -0.15) is 0 Å². The third kappa shape index (κ3) is 3.48. The van der Waals surface area contributed by atoms with Crippen molar-refractivity contribution in [2.45, 2.75) is 30.1 Å². The zero-order valence-electron chi connectivity index (χ0n) is 13.1. The molecule has 7 nitrogen and oxygen atoms in total. The minimum absolute atomic E-state index is 0.0483. The maximum Gasteiger partial charge on any atom is 0.230 e. The predicted molar refractivity (Wildman–Crippen MR) is 88.4 cm³/mol. The molecule has 1 N–H and O–H groups in total. The monoisotopic (exact) mass is 346 g/mol. The highest BCUT2D eigenvalue weighted by atomic mass is 32.2. The molecule has 2 heterocycles. The van der Waals surface area contributed by atoms with Crippen molar-refractivity contribution >= 4 is 17.7 Å². The fraction of sp³-hybridized carbons (Fsp3) is 0.438. The quantitative estimate of drug-likeness (QED) is 0.802. The molecule has 1 atom stereocenters. The number of ether oxygens (including phenoxy) is 2. The first kappa shape index (κ1) is 15.3.